The van der Waals surface area contributed by atoms with E-state index in [0.29, 0.717) is 0 Å². The molecular weight excluding hydrogens is 234 g/mol. The second-order valence-corrected chi connectivity index (χ2v) is 7.08. The molecule has 3 heteroatoms. The van der Waals surface area contributed by atoms with Crippen molar-refractivity contribution in [3.63, 3.8) is 0 Å². The second kappa shape index (κ2) is 4.48. The van der Waals surface area contributed by atoms with E-state index in [9.17, 15) is 0 Å². The molecule has 2 rings (SSSR count). The maximum atomic E-state index is 4.55. The van der Waals surface area contributed by atoms with Crippen LogP contribution in [0.2, 0.25) is 0 Å². The summed E-state index contributed by atoms with van der Waals surface area (Å²) >= 11 is 0. The van der Waals surface area contributed by atoms with Crippen molar-refractivity contribution in [3.8, 4) is 11.3 Å². The molecule has 0 unspecified atom stereocenters. The number of hydrogen-bond acceptors (Lipinski definition) is 2. The predicted molar refractivity (Wildman–Crippen MR) is 79.2 cm³/mol. The lowest BCUT2D eigenvalue weighted by Crippen LogP contribution is -2.13. The number of H-pyrrole nitrogens is 1. The Bertz CT molecular complexity index is 551. The van der Waals surface area contributed by atoms with Gasteiger partial charge in [-0.15, -0.1) is 0 Å². The van der Waals surface area contributed by atoms with Gasteiger partial charge < -0.3 is 4.98 Å². The summed E-state index contributed by atoms with van der Waals surface area (Å²) in [5.74, 6) is 1.00. The van der Waals surface area contributed by atoms with E-state index in [1.165, 1.54) is 0 Å². The highest BCUT2D eigenvalue weighted by molar-refractivity contribution is 5.57. The summed E-state index contributed by atoms with van der Waals surface area (Å²) in [6.45, 7) is 13.0. The van der Waals surface area contributed by atoms with Crippen molar-refractivity contribution in [2.45, 2.75) is 52.4 Å². The third-order valence-electron chi connectivity index (χ3n) is 3.13. The van der Waals surface area contributed by atoms with Gasteiger partial charge in [0.2, 0.25) is 0 Å². The molecular formula is C16H23N3. The molecule has 0 saturated carbocycles. The first-order chi connectivity index (χ1) is 8.68. The third kappa shape index (κ3) is 3.03. The number of aromatic nitrogens is 3. The van der Waals surface area contributed by atoms with Crippen LogP contribution in [0.25, 0.3) is 11.3 Å². The number of nitrogens with zero attached hydrogens (tertiary/aromatic N) is 2. The first-order valence-electron chi connectivity index (χ1n) is 6.70. The molecule has 0 atom stereocenters. The second-order valence-electron chi connectivity index (χ2n) is 7.08. The molecule has 0 spiro atoms. The molecule has 0 saturated heterocycles. The third-order valence-corrected chi connectivity index (χ3v) is 3.13. The molecule has 0 aromatic carbocycles. The SMILES string of the molecule is CC(C)(C)c1ccc(-c2cnc(C(C)(C)C)[nH]2)cn1. The molecule has 0 fully saturated rings. The lowest BCUT2D eigenvalue weighted by Gasteiger charge is -2.17. The summed E-state index contributed by atoms with van der Waals surface area (Å²) in [7, 11) is 0. The zero-order chi connectivity index (χ0) is 14.3. The largest absolute Gasteiger partial charge is 0.342 e. The summed E-state index contributed by atoms with van der Waals surface area (Å²) in [4.78, 5) is 12.4. The molecule has 0 aliphatic carbocycles. The first-order valence-corrected chi connectivity index (χ1v) is 6.70. The normalized spacial score (nSPS) is 12.7. The van der Waals surface area contributed by atoms with Gasteiger partial charge in [-0.3, -0.25) is 4.98 Å². The fourth-order valence-electron chi connectivity index (χ4n) is 1.85. The summed E-state index contributed by atoms with van der Waals surface area (Å²) in [5, 5.41) is 0. The van der Waals surface area contributed by atoms with Crippen LogP contribution in [0.15, 0.2) is 24.5 Å². The van der Waals surface area contributed by atoms with Gasteiger partial charge in [0.25, 0.3) is 0 Å². The van der Waals surface area contributed by atoms with Crippen LogP contribution < -0.4 is 0 Å². The molecule has 2 heterocycles. The topological polar surface area (TPSA) is 41.6 Å². The van der Waals surface area contributed by atoms with Crippen LogP contribution in [0, 0.1) is 0 Å². The van der Waals surface area contributed by atoms with Crippen molar-refractivity contribution in [2.24, 2.45) is 0 Å². The maximum absolute atomic E-state index is 4.55. The van der Waals surface area contributed by atoms with Crippen LogP contribution in [0.1, 0.15) is 53.1 Å². The van der Waals surface area contributed by atoms with E-state index in [4.69, 9.17) is 0 Å². The Morgan fingerprint density at radius 2 is 1.53 bits per heavy atom. The highest BCUT2D eigenvalue weighted by atomic mass is 14.9. The Kier molecular flexibility index (Phi) is 3.25. The number of rotatable bonds is 1. The zero-order valence-electron chi connectivity index (χ0n) is 12.7. The first kappa shape index (κ1) is 13.8. The summed E-state index contributed by atoms with van der Waals surface area (Å²) in [6, 6.07) is 4.19. The smallest absolute Gasteiger partial charge is 0.111 e. The average Bonchev–Trinajstić information content (AvgIpc) is 2.77. The Labute approximate surface area is 115 Å². The van der Waals surface area contributed by atoms with E-state index in [0.717, 1.165) is 22.8 Å². The van der Waals surface area contributed by atoms with Gasteiger partial charge in [-0.25, -0.2) is 4.98 Å². The summed E-state index contributed by atoms with van der Waals surface area (Å²) in [6.07, 6.45) is 3.80. The highest BCUT2D eigenvalue weighted by Crippen LogP contribution is 2.25. The minimum absolute atomic E-state index is 0.0387. The number of nitrogens with one attached hydrogen (secondary N) is 1. The molecule has 19 heavy (non-hydrogen) atoms. The Balaban J connectivity index is 2.31. The van der Waals surface area contributed by atoms with Gasteiger partial charge in [-0.2, -0.15) is 0 Å². The van der Waals surface area contributed by atoms with E-state index in [1.807, 2.05) is 12.4 Å². The number of imidazole rings is 1. The van der Waals surface area contributed by atoms with Crippen molar-refractivity contribution in [3.05, 3.63) is 36.0 Å². The van der Waals surface area contributed by atoms with Gasteiger partial charge in [0.05, 0.1) is 11.9 Å². The summed E-state index contributed by atoms with van der Waals surface area (Å²) < 4.78 is 0. The van der Waals surface area contributed by atoms with Crippen molar-refractivity contribution in [2.75, 3.05) is 0 Å². The van der Waals surface area contributed by atoms with Crippen molar-refractivity contribution >= 4 is 0 Å². The standard InChI is InChI=1S/C16H23N3/c1-15(2,3)13-8-7-11(9-17-13)12-10-18-14(19-12)16(4,5)6/h7-10H,1-6H3,(H,18,19). The lowest BCUT2D eigenvalue weighted by atomic mass is 9.91. The minimum Gasteiger partial charge on any atom is -0.342 e. The highest BCUT2D eigenvalue weighted by Gasteiger charge is 2.18. The van der Waals surface area contributed by atoms with Crippen LogP contribution in [0.3, 0.4) is 0 Å². The average molecular weight is 257 g/mol. The van der Waals surface area contributed by atoms with E-state index in [2.05, 4.69) is 68.6 Å². The fourth-order valence-corrected chi connectivity index (χ4v) is 1.85. The van der Waals surface area contributed by atoms with Gasteiger partial charge in [-0.05, 0) is 12.1 Å². The van der Waals surface area contributed by atoms with E-state index < -0.39 is 0 Å². The zero-order valence-corrected chi connectivity index (χ0v) is 12.7. The van der Waals surface area contributed by atoms with Crippen LogP contribution in [0.4, 0.5) is 0 Å². The Hall–Kier alpha value is -1.64. The van der Waals surface area contributed by atoms with Gasteiger partial charge in [0, 0.05) is 28.3 Å². The van der Waals surface area contributed by atoms with E-state index in [-0.39, 0.29) is 10.8 Å². The van der Waals surface area contributed by atoms with Crippen LogP contribution >= 0.6 is 0 Å². The van der Waals surface area contributed by atoms with Gasteiger partial charge in [-0.1, -0.05) is 41.5 Å². The number of pyridine rings is 1. The quantitative estimate of drug-likeness (QED) is 0.836. The van der Waals surface area contributed by atoms with E-state index in [1.54, 1.807) is 0 Å². The number of aromatic amines is 1. The molecule has 1 N–H and O–H groups in total. The van der Waals surface area contributed by atoms with Gasteiger partial charge >= 0.3 is 0 Å². The van der Waals surface area contributed by atoms with Gasteiger partial charge in [0.15, 0.2) is 0 Å². The molecule has 0 aliphatic rings. The van der Waals surface area contributed by atoms with Crippen molar-refractivity contribution < 1.29 is 0 Å². The fraction of sp³-hybridized carbons (Fsp3) is 0.500. The van der Waals surface area contributed by atoms with Crippen LogP contribution in [-0.2, 0) is 10.8 Å². The molecule has 0 radical (unpaired) electrons. The van der Waals surface area contributed by atoms with Crippen molar-refractivity contribution in [1.82, 2.24) is 15.0 Å². The minimum atomic E-state index is 0.0387. The van der Waals surface area contributed by atoms with Gasteiger partial charge in [0.1, 0.15) is 5.82 Å². The summed E-state index contributed by atoms with van der Waals surface area (Å²) in [5.41, 5.74) is 3.33. The monoisotopic (exact) mass is 257 g/mol. The molecule has 2 aromatic rings. The Morgan fingerprint density at radius 1 is 0.842 bits per heavy atom. The van der Waals surface area contributed by atoms with Crippen LogP contribution in [0.5, 0.6) is 0 Å². The molecule has 0 amide bonds. The lowest BCUT2D eigenvalue weighted by molar-refractivity contribution is 0.553. The maximum Gasteiger partial charge on any atom is 0.111 e. The molecule has 102 valence electrons. The molecule has 0 bridgehead atoms. The van der Waals surface area contributed by atoms with Crippen molar-refractivity contribution in [1.29, 1.82) is 0 Å². The number of hydrogen-bond donors (Lipinski definition) is 1. The predicted octanol–water partition coefficient (Wildman–Crippen LogP) is 4.07. The molecule has 0 aliphatic heterocycles. The molecule has 3 nitrogen and oxygen atoms in total. The Morgan fingerprint density at radius 3 is 1.95 bits per heavy atom. The van der Waals surface area contributed by atoms with E-state index >= 15 is 0 Å². The molecule has 2 aromatic heterocycles. The van der Waals surface area contributed by atoms with Crippen LogP contribution in [-0.4, -0.2) is 15.0 Å².